The highest BCUT2D eigenvalue weighted by Crippen LogP contribution is 2.27. The topological polar surface area (TPSA) is 64.7 Å². The maximum atomic E-state index is 9.87. The first-order valence-corrected chi connectivity index (χ1v) is 7.41. The fourth-order valence-corrected chi connectivity index (χ4v) is 2.66. The van der Waals surface area contributed by atoms with Gasteiger partial charge in [-0.2, -0.15) is 0 Å². The van der Waals surface area contributed by atoms with E-state index < -0.39 is 6.10 Å². The van der Waals surface area contributed by atoms with Gasteiger partial charge in [0.1, 0.15) is 6.10 Å². The summed E-state index contributed by atoms with van der Waals surface area (Å²) in [6.07, 6.45) is 3.01. The van der Waals surface area contributed by atoms with Gasteiger partial charge in [-0.25, -0.2) is 0 Å². The first-order valence-electron chi connectivity index (χ1n) is 7.41. The third kappa shape index (κ3) is 4.87. The van der Waals surface area contributed by atoms with Crippen molar-refractivity contribution in [3.05, 3.63) is 35.9 Å². The van der Waals surface area contributed by atoms with E-state index in [-0.39, 0.29) is 6.10 Å². The van der Waals surface area contributed by atoms with Gasteiger partial charge in [0.25, 0.3) is 0 Å². The third-order valence-electron chi connectivity index (χ3n) is 3.82. The van der Waals surface area contributed by atoms with E-state index in [1.807, 2.05) is 30.3 Å². The van der Waals surface area contributed by atoms with E-state index in [0.29, 0.717) is 32.3 Å². The molecule has 1 aromatic rings. The minimum atomic E-state index is -0.572. The zero-order chi connectivity index (χ0) is 14.2. The average Bonchev–Trinajstić information content (AvgIpc) is 2.94. The van der Waals surface area contributed by atoms with Gasteiger partial charge in [-0.15, -0.1) is 0 Å². The van der Waals surface area contributed by atoms with Crippen molar-refractivity contribution < 1.29 is 14.6 Å². The van der Waals surface area contributed by atoms with E-state index in [1.54, 1.807) is 0 Å². The highest BCUT2D eigenvalue weighted by Gasteiger charge is 2.27. The highest BCUT2D eigenvalue weighted by molar-refractivity contribution is 5.13. The summed E-state index contributed by atoms with van der Waals surface area (Å²) in [5.41, 5.74) is 6.82. The molecule has 112 valence electrons. The molecular formula is C16H25NO3. The molecule has 0 radical (unpaired) electrons. The monoisotopic (exact) mass is 279 g/mol. The molecule has 0 aromatic heterocycles. The van der Waals surface area contributed by atoms with Crippen molar-refractivity contribution in [3.8, 4) is 0 Å². The molecular weight excluding hydrogens is 254 g/mol. The van der Waals surface area contributed by atoms with Crippen molar-refractivity contribution in [2.24, 2.45) is 11.7 Å². The van der Waals surface area contributed by atoms with Gasteiger partial charge in [0.05, 0.1) is 25.9 Å². The molecule has 1 aliphatic rings. The van der Waals surface area contributed by atoms with Crippen LogP contribution in [0.15, 0.2) is 30.3 Å². The summed E-state index contributed by atoms with van der Waals surface area (Å²) in [5, 5.41) is 9.87. The highest BCUT2D eigenvalue weighted by atomic mass is 16.5. The smallest absolute Gasteiger partial charge is 0.101 e. The third-order valence-corrected chi connectivity index (χ3v) is 3.82. The Morgan fingerprint density at radius 2 is 2.00 bits per heavy atom. The van der Waals surface area contributed by atoms with E-state index in [2.05, 4.69) is 0 Å². The predicted molar refractivity (Wildman–Crippen MR) is 78.2 cm³/mol. The second kappa shape index (κ2) is 8.37. The standard InChI is InChI=1S/C16H25NO3/c17-9-14-7-4-8-16(14)20-12-15(18)11-19-10-13-5-2-1-3-6-13/h1-3,5-6,14-16,18H,4,7-12,17H2. The Morgan fingerprint density at radius 3 is 2.75 bits per heavy atom. The first-order chi connectivity index (χ1) is 9.79. The van der Waals surface area contributed by atoms with Crippen molar-refractivity contribution in [1.29, 1.82) is 0 Å². The minimum absolute atomic E-state index is 0.212. The molecule has 0 bridgehead atoms. The number of benzene rings is 1. The van der Waals surface area contributed by atoms with Crippen molar-refractivity contribution in [2.45, 2.75) is 38.1 Å². The molecule has 0 heterocycles. The number of nitrogens with two attached hydrogens (primary N) is 1. The predicted octanol–water partition coefficient (Wildman–Crippen LogP) is 1.71. The Labute approximate surface area is 120 Å². The summed E-state index contributed by atoms with van der Waals surface area (Å²) in [4.78, 5) is 0. The molecule has 4 nitrogen and oxygen atoms in total. The summed E-state index contributed by atoms with van der Waals surface area (Å²) in [6.45, 7) is 1.82. The Morgan fingerprint density at radius 1 is 1.20 bits per heavy atom. The molecule has 0 spiro atoms. The quantitative estimate of drug-likeness (QED) is 0.760. The molecule has 1 aromatic carbocycles. The number of rotatable bonds is 8. The lowest BCUT2D eigenvalue weighted by atomic mass is 10.1. The minimum Gasteiger partial charge on any atom is -0.388 e. The van der Waals surface area contributed by atoms with Crippen LogP contribution in [0.4, 0.5) is 0 Å². The van der Waals surface area contributed by atoms with Crippen LogP contribution in [-0.2, 0) is 16.1 Å². The van der Waals surface area contributed by atoms with Crippen LogP contribution in [0.3, 0.4) is 0 Å². The van der Waals surface area contributed by atoms with Gasteiger partial charge in [0.2, 0.25) is 0 Å². The second-order valence-electron chi connectivity index (χ2n) is 5.45. The molecule has 0 aliphatic heterocycles. The van der Waals surface area contributed by atoms with Gasteiger partial charge >= 0.3 is 0 Å². The largest absolute Gasteiger partial charge is 0.388 e. The molecule has 4 heteroatoms. The van der Waals surface area contributed by atoms with Crippen molar-refractivity contribution in [3.63, 3.8) is 0 Å². The average molecular weight is 279 g/mol. The Balaban J connectivity index is 1.59. The molecule has 1 fully saturated rings. The fraction of sp³-hybridized carbons (Fsp3) is 0.625. The van der Waals surface area contributed by atoms with Gasteiger partial charge < -0.3 is 20.3 Å². The normalized spacial score (nSPS) is 23.9. The lowest BCUT2D eigenvalue weighted by Crippen LogP contribution is -2.30. The van der Waals surface area contributed by atoms with Gasteiger partial charge in [-0.3, -0.25) is 0 Å². The van der Waals surface area contributed by atoms with Crippen LogP contribution in [0, 0.1) is 5.92 Å². The first kappa shape index (κ1) is 15.4. The van der Waals surface area contributed by atoms with Crippen molar-refractivity contribution in [1.82, 2.24) is 0 Å². The maximum absolute atomic E-state index is 9.87. The summed E-state index contributed by atoms with van der Waals surface area (Å²) < 4.78 is 11.3. The molecule has 0 saturated heterocycles. The zero-order valence-electron chi connectivity index (χ0n) is 11.9. The fourth-order valence-electron chi connectivity index (χ4n) is 2.66. The van der Waals surface area contributed by atoms with E-state index in [4.69, 9.17) is 15.2 Å². The molecule has 20 heavy (non-hydrogen) atoms. The summed E-state index contributed by atoms with van der Waals surface area (Å²) >= 11 is 0. The number of hydrogen-bond acceptors (Lipinski definition) is 4. The summed E-state index contributed by atoms with van der Waals surface area (Å²) in [6, 6.07) is 9.94. The molecule has 0 amide bonds. The number of aliphatic hydroxyl groups excluding tert-OH is 1. The summed E-state index contributed by atoms with van der Waals surface area (Å²) in [5.74, 6) is 0.451. The molecule has 1 aliphatic carbocycles. The van der Waals surface area contributed by atoms with Gasteiger partial charge in [-0.1, -0.05) is 36.8 Å². The van der Waals surface area contributed by atoms with Crippen molar-refractivity contribution in [2.75, 3.05) is 19.8 Å². The lowest BCUT2D eigenvalue weighted by molar-refractivity contribution is -0.0555. The van der Waals surface area contributed by atoms with E-state index in [1.165, 1.54) is 6.42 Å². The van der Waals surface area contributed by atoms with Crippen LogP contribution in [0.2, 0.25) is 0 Å². The number of ether oxygens (including phenoxy) is 2. The van der Waals surface area contributed by atoms with Crippen molar-refractivity contribution >= 4 is 0 Å². The maximum Gasteiger partial charge on any atom is 0.101 e. The molecule has 1 saturated carbocycles. The molecule has 2 rings (SSSR count). The van der Waals surface area contributed by atoms with E-state index in [9.17, 15) is 5.11 Å². The Hall–Kier alpha value is -0.940. The van der Waals surface area contributed by atoms with Gasteiger partial charge in [0, 0.05) is 0 Å². The molecule has 3 N–H and O–H groups in total. The van der Waals surface area contributed by atoms with Crippen LogP contribution < -0.4 is 5.73 Å². The number of hydrogen-bond donors (Lipinski definition) is 2. The van der Waals surface area contributed by atoms with Crippen LogP contribution in [-0.4, -0.2) is 37.1 Å². The summed E-state index contributed by atoms with van der Waals surface area (Å²) in [7, 11) is 0. The lowest BCUT2D eigenvalue weighted by Gasteiger charge is -2.20. The van der Waals surface area contributed by atoms with Gasteiger partial charge in [-0.05, 0) is 30.9 Å². The van der Waals surface area contributed by atoms with Crippen LogP contribution in [0.25, 0.3) is 0 Å². The van der Waals surface area contributed by atoms with Crippen LogP contribution in [0.5, 0.6) is 0 Å². The van der Waals surface area contributed by atoms with Crippen LogP contribution in [0.1, 0.15) is 24.8 Å². The Kier molecular flexibility index (Phi) is 6.47. The Bertz CT molecular complexity index is 371. The second-order valence-corrected chi connectivity index (χ2v) is 5.45. The molecule has 3 unspecified atom stereocenters. The zero-order valence-corrected chi connectivity index (χ0v) is 11.9. The van der Waals surface area contributed by atoms with E-state index >= 15 is 0 Å². The molecule has 3 atom stereocenters. The van der Waals surface area contributed by atoms with Crippen LogP contribution >= 0.6 is 0 Å². The number of aliphatic hydroxyl groups is 1. The SMILES string of the molecule is NCC1CCCC1OCC(O)COCc1ccccc1. The van der Waals surface area contributed by atoms with Gasteiger partial charge in [0.15, 0.2) is 0 Å². The van der Waals surface area contributed by atoms with E-state index in [0.717, 1.165) is 18.4 Å².